The predicted octanol–water partition coefficient (Wildman–Crippen LogP) is 3.43. The topological polar surface area (TPSA) is 69.5 Å². The van der Waals surface area contributed by atoms with Crippen LogP contribution in [-0.2, 0) is 18.3 Å². The van der Waals surface area contributed by atoms with E-state index >= 15 is 0 Å². The molecule has 1 aromatic rings. The first kappa shape index (κ1) is 15.6. The van der Waals surface area contributed by atoms with Crippen molar-refractivity contribution in [3.05, 3.63) is 47.2 Å². The van der Waals surface area contributed by atoms with Gasteiger partial charge in [-0.25, -0.2) is 0 Å². The summed E-state index contributed by atoms with van der Waals surface area (Å²) in [6.45, 7) is 0.160. The molecular weight excluding hydrogens is 327 g/mol. The molecule has 7 heteroatoms. The quantitative estimate of drug-likeness (QED) is 0.606. The normalized spacial score (nSPS) is 32.2. The van der Waals surface area contributed by atoms with Crippen LogP contribution < -0.4 is 0 Å². The molecule has 4 rings (SSSR count). The highest BCUT2D eigenvalue weighted by Gasteiger charge is 2.72. The van der Waals surface area contributed by atoms with Crippen molar-refractivity contribution in [2.24, 2.45) is 10.2 Å². The molecule has 4 atom stereocenters. The number of hydrogen-bond acceptors (Lipinski definition) is 6. The summed E-state index contributed by atoms with van der Waals surface area (Å²) in [5.41, 5.74) is 2.11. The van der Waals surface area contributed by atoms with Crippen LogP contribution in [0.3, 0.4) is 0 Å². The number of benzene rings is 1. The van der Waals surface area contributed by atoms with Gasteiger partial charge in [-0.15, -0.1) is 6.42 Å². The molecule has 0 amide bonds. The second kappa shape index (κ2) is 5.29. The Morgan fingerprint density at radius 3 is 2.67 bits per heavy atom. The van der Waals surface area contributed by atoms with Gasteiger partial charge in [0, 0.05) is 20.1 Å². The molecular formula is C17H17N2O4P. The first-order valence-corrected chi connectivity index (χ1v) is 9.17. The molecule has 124 valence electrons. The lowest BCUT2D eigenvalue weighted by atomic mass is 9.83. The van der Waals surface area contributed by atoms with Crippen LogP contribution in [0.2, 0.25) is 0 Å². The van der Waals surface area contributed by atoms with Gasteiger partial charge in [-0.3, -0.25) is 4.57 Å². The van der Waals surface area contributed by atoms with Crippen molar-refractivity contribution in [1.82, 2.24) is 0 Å². The van der Waals surface area contributed by atoms with Gasteiger partial charge in [0.05, 0.1) is 5.92 Å². The van der Waals surface area contributed by atoms with Gasteiger partial charge in [-0.05, 0) is 17.2 Å². The zero-order valence-corrected chi connectivity index (χ0v) is 14.3. The van der Waals surface area contributed by atoms with Gasteiger partial charge in [0.2, 0.25) is 5.28 Å². The van der Waals surface area contributed by atoms with Gasteiger partial charge in [-0.2, -0.15) is 10.2 Å². The number of ether oxygens (including phenoxy) is 1. The van der Waals surface area contributed by atoms with E-state index in [0.717, 1.165) is 11.1 Å². The highest BCUT2D eigenvalue weighted by Crippen LogP contribution is 2.77. The van der Waals surface area contributed by atoms with E-state index in [-0.39, 0.29) is 24.5 Å². The van der Waals surface area contributed by atoms with Crippen LogP contribution in [0.5, 0.6) is 0 Å². The van der Waals surface area contributed by atoms with Gasteiger partial charge in [-0.1, -0.05) is 30.2 Å². The van der Waals surface area contributed by atoms with Crippen molar-refractivity contribution in [2.75, 3.05) is 20.8 Å². The van der Waals surface area contributed by atoms with Crippen LogP contribution >= 0.6 is 7.60 Å². The zero-order valence-electron chi connectivity index (χ0n) is 13.4. The Bertz CT molecular complexity index is 835. The van der Waals surface area contributed by atoms with Crippen molar-refractivity contribution in [3.63, 3.8) is 0 Å². The predicted molar refractivity (Wildman–Crippen MR) is 87.8 cm³/mol. The summed E-state index contributed by atoms with van der Waals surface area (Å²) in [6.07, 6.45) is 7.24. The molecule has 0 aromatic heterocycles. The van der Waals surface area contributed by atoms with E-state index in [1.807, 2.05) is 30.3 Å². The molecule has 1 heterocycles. The molecule has 4 bridgehead atoms. The smallest absolute Gasteiger partial charge is 0.361 e. The Morgan fingerprint density at radius 2 is 2.00 bits per heavy atom. The number of fused-ring (bicyclic) bond motifs is 2. The number of nitrogens with zero attached hydrogens (tertiary/aromatic N) is 2. The maximum Gasteiger partial charge on any atom is 0.361 e. The van der Waals surface area contributed by atoms with Crippen LogP contribution in [0.4, 0.5) is 0 Å². The summed E-state index contributed by atoms with van der Waals surface area (Å²) in [5, 5.41) is 7.77. The minimum absolute atomic E-state index is 0.160. The molecule has 1 aromatic carbocycles. The Morgan fingerprint density at radius 1 is 1.29 bits per heavy atom. The van der Waals surface area contributed by atoms with E-state index in [4.69, 9.17) is 20.2 Å². The van der Waals surface area contributed by atoms with Gasteiger partial charge in [0.25, 0.3) is 0 Å². The number of terminal acetylenes is 1. The van der Waals surface area contributed by atoms with Crippen molar-refractivity contribution in [3.8, 4) is 12.3 Å². The highest BCUT2D eigenvalue weighted by atomic mass is 31.2. The van der Waals surface area contributed by atoms with Gasteiger partial charge in [0.1, 0.15) is 18.4 Å². The average molecular weight is 344 g/mol. The van der Waals surface area contributed by atoms with Gasteiger partial charge in [0.15, 0.2) is 0 Å². The lowest BCUT2D eigenvalue weighted by molar-refractivity contribution is 0.198. The minimum atomic E-state index is -3.53. The van der Waals surface area contributed by atoms with Gasteiger partial charge < -0.3 is 13.8 Å². The fourth-order valence-corrected chi connectivity index (χ4v) is 6.26. The largest absolute Gasteiger partial charge is 0.483 e. The van der Waals surface area contributed by atoms with Crippen molar-refractivity contribution < 1.29 is 18.3 Å². The Balaban J connectivity index is 1.93. The van der Waals surface area contributed by atoms with Crippen molar-refractivity contribution in [1.29, 1.82) is 0 Å². The molecule has 1 aliphatic heterocycles. The van der Waals surface area contributed by atoms with E-state index in [1.165, 1.54) is 14.2 Å². The summed E-state index contributed by atoms with van der Waals surface area (Å²) in [6, 6.07) is 7.59. The Kier molecular flexibility index (Phi) is 3.43. The number of azo groups is 1. The maximum absolute atomic E-state index is 13.4. The molecule has 0 saturated carbocycles. The first-order chi connectivity index (χ1) is 11.6. The lowest BCUT2D eigenvalue weighted by Gasteiger charge is -2.38. The summed E-state index contributed by atoms with van der Waals surface area (Å²) in [7, 11) is -0.754. The Labute approximate surface area is 140 Å². The molecule has 0 fully saturated rings. The van der Waals surface area contributed by atoms with Crippen LogP contribution in [-0.4, -0.2) is 32.1 Å². The summed E-state index contributed by atoms with van der Waals surface area (Å²) < 4.78 is 29.8. The van der Waals surface area contributed by atoms with Crippen LogP contribution in [0, 0.1) is 12.3 Å². The lowest BCUT2D eigenvalue weighted by Crippen LogP contribution is -2.40. The summed E-state index contributed by atoms with van der Waals surface area (Å²) >= 11 is 0. The number of hydrogen-bond donors (Lipinski definition) is 0. The van der Waals surface area contributed by atoms with Crippen LogP contribution in [0.1, 0.15) is 23.0 Å². The van der Waals surface area contributed by atoms with E-state index in [2.05, 4.69) is 16.1 Å². The third-order valence-electron chi connectivity index (χ3n) is 5.10. The van der Waals surface area contributed by atoms with Crippen LogP contribution in [0.25, 0.3) is 0 Å². The maximum atomic E-state index is 13.4. The molecule has 0 N–H and O–H groups in total. The third kappa shape index (κ3) is 1.67. The second-order valence-electron chi connectivity index (χ2n) is 5.95. The SMILES string of the molecule is C#CCOC1=CC2c3ccccc3C3C1N=NC23P(=O)(OC)OC. The molecule has 0 radical (unpaired) electrons. The van der Waals surface area contributed by atoms with Gasteiger partial charge >= 0.3 is 7.60 Å². The number of rotatable bonds is 5. The summed E-state index contributed by atoms with van der Waals surface area (Å²) in [4.78, 5) is 0. The van der Waals surface area contributed by atoms with E-state index in [0.29, 0.717) is 5.76 Å². The molecule has 3 aliphatic rings. The van der Waals surface area contributed by atoms with E-state index in [1.54, 1.807) is 0 Å². The summed E-state index contributed by atoms with van der Waals surface area (Å²) in [5.74, 6) is 2.60. The highest BCUT2D eigenvalue weighted by molar-refractivity contribution is 7.55. The van der Waals surface area contributed by atoms with Crippen molar-refractivity contribution >= 4 is 7.60 Å². The molecule has 0 spiro atoms. The average Bonchev–Trinajstić information content (AvgIpc) is 3.03. The van der Waals surface area contributed by atoms with Crippen molar-refractivity contribution in [2.45, 2.75) is 23.2 Å². The fraction of sp³-hybridized carbons (Fsp3) is 0.412. The van der Waals surface area contributed by atoms with Crippen LogP contribution in [0.15, 0.2) is 46.3 Å². The zero-order chi connectivity index (χ0) is 16.9. The van der Waals surface area contributed by atoms with E-state index < -0.39 is 12.9 Å². The fourth-order valence-electron chi connectivity index (χ4n) is 4.19. The molecule has 24 heavy (non-hydrogen) atoms. The standard InChI is InChI=1S/C17H17N2O4P/c1-4-9-23-14-10-13-11-7-5-6-8-12(11)15-16(14)18-19-17(13,15)24(20,21-2)22-3/h1,5-8,10,13,15-16H,9H2,2-3H3. The van der Waals surface area contributed by atoms with E-state index in [9.17, 15) is 4.57 Å². The molecule has 4 unspecified atom stereocenters. The molecule has 2 aliphatic carbocycles. The molecule has 0 saturated heterocycles. The minimum Gasteiger partial charge on any atom is -0.483 e. The second-order valence-corrected chi connectivity index (χ2v) is 8.39. The monoisotopic (exact) mass is 344 g/mol. The Hall–Kier alpha value is -1.93. The third-order valence-corrected chi connectivity index (χ3v) is 7.59. The molecule has 6 nitrogen and oxygen atoms in total. The first-order valence-electron chi connectivity index (χ1n) is 7.63.